The highest BCUT2D eigenvalue weighted by Gasteiger charge is 2.30. The maximum atomic E-state index is 12.4. The molecular formula is C17H26N4O4S. The van der Waals surface area contributed by atoms with Gasteiger partial charge in [-0.2, -0.15) is 0 Å². The Bertz CT molecular complexity index is 612. The van der Waals surface area contributed by atoms with Gasteiger partial charge in [0.1, 0.15) is 6.04 Å². The molecule has 144 valence electrons. The van der Waals surface area contributed by atoms with Crippen molar-refractivity contribution in [2.75, 3.05) is 25.5 Å². The van der Waals surface area contributed by atoms with Crippen LogP contribution in [0.2, 0.25) is 0 Å². The molecule has 0 aliphatic carbocycles. The number of thiazole rings is 1. The third-order valence-electron chi connectivity index (χ3n) is 4.31. The largest absolute Gasteiger partial charge is 0.467 e. The molecule has 9 heteroatoms. The highest BCUT2D eigenvalue weighted by molar-refractivity contribution is 7.13. The molecule has 1 fully saturated rings. The number of anilines is 1. The second-order valence-corrected chi connectivity index (χ2v) is 7.64. The maximum Gasteiger partial charge on any atom is 0.328 e. The van der Waals surface area contributed by atoms with E-state index in [0.717, 1.165) is 0 Å². The predicted octanol–water partition coefficient (Wildman–Crippen LogP) is 2.09. The Morgan fingerprint density at radius 2 is 2.04 bits per heavy atom. The van der Waals surface area contributed by atoms with Gasteiger partial charge in [-0.05, 0) is 25.2 Å². The monoisotopic (exact) mass is 382 g/mol. The van der Waals surface area contributed by atoms with Gasteiger partial charge in [-0.3, -0.25) is 4.79 Å². The zero-order valence-electron chi connectivity index (χ0n) is 15.4. The Morgan fingerprint density at radius 1 is 1.35 bits per heavy atom. The van der Waals surface area contributed by atoms with E-state index in [9.17, 15) is 14.4 Å². The smallest absolute Gasteiger partial charge is 0.328 e. The van der Waals surface area contributed by atoms with Gasteiger partial charge in [0.2, 0.25) is 5.91 Å². The van der Waals surface area contributed by atoms with E-state index in [0.29, 0.717) is 37.5 Å². The molecule has 1 aromatic heterocycles. The molecule has 0 radical (unpaired) electrons. The van der Waals surface area contributed by atoms with Gasteiger partial charge in [0, 0.05) is 30.6 Å². The fourth-order valence-corrected chi connectivity index (χ4v) is 3.44. The molecule has 0 spiro atoms. The Hall–Kier alpha value is -2.16. The maximum absolute atomic E-state index is 12.4. The summed E-state index contributed by atoms with van der Waals surface area (Å²) in [6, 6.07) is -0.946. The summed E-state index contributed by atoms with van der Waals surface area (Å²) < 4.78 is 4.77. The number of likely N-dealkylation sites (tertiary alicyclic amines) is 1. The zero-order chi connectivity index (χ0) is 19.1. The van der Waals surface area contributed by atoms with Crippen LogP contribution < -0.4 is 10.6 Å². The van der Waals surface area contributed by atoms with E-state index in [1.807, 2.05) is 13.8 Å². The summed E-state index contributed by atoms with van der Waals surface area (Å²) in [5.74, 6) is -0.397. The lowest BCUT2D eigenvalue weighted by Crippen LogP contribution is -2.51. The van der Waals surface area contributed by atoms with Crippen molar-refractivity contribution < 1.29 is 19.1 Å². The summed E-state index contributed by atoms with van der Waals surface area (Å²) in [4.78, 5) is 42.2. The average molecular weight is 382 g/mol. The van der Waals surface area contributed by atoms with Gasteiger partial charge < -0.3 is 20.3 Å². The molecule has 1 aromatic rings. The highest BCUT2D eigenvalue weighted by Crippen LogP contribution is 2.20. The lowest BCUT2D eigenvalue weighted by atomic mass is 9.96. The second-order valence-electron chi connectivity index (χ2n) is 6.74. The van der Waals surface area contributed by atoms with E-state index in [4.69, 9.17) is 4.74 Å². The number of nitrogens with zero attached hydrogens (tertiary/aromatic N) is 2. The van der Waals surface area contributed by atoms with E-state index in [-0.39, 0.29) is 23.8 Å². The summed E-state index contributed by atoms with van der Waals surface area (Å²) >= 11 is 1.38. The second kappa shape index (κ2) is 9.51. The number of piperidine rings is 1. The molecule has 0 bridgehead atoms. The van der Waals surface area contributed by atoms with Crippen molar-refractivity contribution in [3.63, 3.8) is 0 Å². The van der Waals surface area contributed by atoms with Gasteiger partial charge in [-0.25, -0.2) is 14.6 Å². The standard InChI is InChI=1S/C17H26N4O4S/c1-11(2)10-13(15(23)25-3)19-17(24)21-7-4-12(5-8-21)14(22)20-16-18-6-9-26-16/h6,9,11-13H,4-5,7-8,10H2,1-3H3,(H,19,24)(H,18,20,22)/t13-/m0/s1. The molecule has 2 rings (SSSR count). The molecule has 0 aromatic carbocycles. The van der Waals surface area contributed by atoms with Crippen LogP contribution in [-0.4, -0.2) is 54.0 Å². The van der Waals surface area contributed by atoms with Gasteiger partial charge in [0.15, 0.2) is 5.13 Å². The molecule has 26 heavy (non-hydrogen) atoms. The number of carbonyl (C=O) groups is 3. The van der Waals surface area contributed by atoms with E-state index in [1.54, 1.807) is 16.5 Å². The number of hydrogen-bond acceptors (Lipinski definition) is 6. The van der Waals surface area contributed by atoms with Crippen LogP contribution in [0.25, 0.3) is 0 Å². The minimum Gasteiger partial charge on any atom is -0.467 e. The summed E-state index contributed by atoms with van der Waals surface area (Å²) in [6.45, 7) is 4.90. The van der Waals surface area contributed by atoms with Crippen LogP contribution in [0, 0.1) is 11.8 Å². The topological polar surface area (TPSA) is 101 Å². The average Bonchev–Trinajstić information content (AvgIpc) is 3.13. The Morgan fingerprint density at radius 3 is 2.58 bits per heavy atom. The summed E-state index contributed by atoms with van der Waals surface area (Å²) in [6.07, 6.45) is 3.32. The number of nitrogens with one attached hydrogen (secondary N) is 2. The number of urea groups is 1. The predicted molar refractivity (Wildman–Crippen MR) is 98.8 cm³/mol. The number of hydrogen-bond donors (Lipinski definition) is 2. The van der Waals surface area contributed by atoms with Gasteiger partial charge >= 0.3 is 12.0 Å². The van der Waals surface area contributed by atoms with E-state index in [1.165, 1.54) is 18.4 Å². The van der Waals surface area contributed by atoms with Gasteiger partial charge in [-0.1, -0.05) is 13.8 Å². The Kier molecular flexibility index (Phi) is 7.38. The van der Waals surface area contributed by atoms with Crippen molar-refractivity contribution in [1.82, 2.24) is 15.2 Å². The number of amides is 3. The normalized spacial score (nSPS) is 16.2. The first-order chi connectivity index (χ1) is 12.4. The first-order valence-corrected chi connectivity index (χ1v) is 9.62. The van der Waals surface area contributed by atoms with Crippen molar-refractivity contribution in [1.29, 1.82) is 0 Å². The number of esters is 1. The molecule has 1 aliphatic rings. The lowest BCUT2D eigenvalue weighted by molar-refractivity contribution is -0.143. The van der Waals surface area contributed by atoms with E-state index < -0.39 is 12.0 Å². The number of rotatable bonds is 6. The fraction of sp³-hybridized carbons (Fsp3) is 0.647. The highest BCUT2D eigenvalue weighted by atomic mass is 32.1. The van der Waals surface area contributed by atoms with Crippen LogP contribution in [0.3, 0.4) is 0 Å². The molecule has 1 saturated heterocycles. The first kappa shape index (κ1) is 20.2. The van der Waals surface area contributed by atoms with Crippen LogP contribution in [-0.2, 0) is 14.3 Å². The van der Waals surface area contributed by atoms with Crippen molar-refractivity contribution in [3.8, 4) is 0 Å². The third kappa shape index (κ3) is 5.69. The minimum absolute atomic E-state index is 0.0627. The SMILES string of the molecule is COC(=O)[C@H](CC(C)C)NC(=O)N1CCC(C(=O)Nc2nccs2)CC1. The van der Waals surface area contributed by atoms with E-state index in [2.05, 4.69) is 15.6 Å². The van der Waals surface area contributed by atoms with Gasteiger partial charge in [0.25, 0.3) is 0 Å². The first-order valence-electron chi connectivity index (χ1n) is 8.74. The van der Waals surface area contributed by atoms with Crippen LogP contribution in [0.5, 0.6) is 0 Å². The summed E-state index contributed by atoms with van der Waals surface area (Å²) in [5.41, 5.74) is 0. The molecular weight excluding hydrogens is 356 g/mol. The Labute approximate surface area is 157 Å². The molecule has 2 heterocycles. The molecule has 0 unspecified atom stereocenters. The van der Waals surface area contributed by atoms with Crippen molar-refractivity contribution in [2.24, 2.45) is 11.8 Å². The van der Waals surface area contributed by atoms with Crippen LogP contribution >= 0.6 is 11.3 Å². The number of aromatic nitrogens is 1. The quantitative estimate of drug-likeness (QED) is 0.734. The van der Waals surface area contributed by atoms with Crippen molar-refractivity contribution in [2.45, 2.75) is 39.2 Å². The molecule has 1 aliphatic heterocycles. The Balaban J connectivity index is 1.83. The fourth-order valence-electron chi connectivity index (χ4n) is 2.91. The summed E-state index contributed by atoms with van der Waals surface area (Å²) in [5, 5.41) is 7.94. The minimum atomic E-state index is -0.654. The number of carbonyl (C=O) groups excluding carboxylic acids is 3. The van der Waals surface area contributed by atoms with Crippen LogP contribution in [0.4, 0.5) is 9.93 Å². The van der Waals surface area contributed by atoms with Crippen LogP contribution in [0.1, 0.15) is 33.1 Å². The lowest BCUT2D eigenvalue weighted by Gasteiger charge is -2.32. The number of ether oxygens (including phenoxy) is 1. The molecule has 1 atom stereocenters. The third-order valence-corrected chi connectivity index (χ3v) is 4.99. The molecule has 3 amide bonds. The zero-order valence-corrected chi connectivity index (χ0v) is 16.2. The van der Waals surface area contributed by atoms with Crippen molar-refractivity contribution >= 4 is 34.4 Å². The van der Waals surface area contributed by atoms with Crippen LogP contribution in [0.15, 0.2) is 11.6 Å². The van der Waals surface area contributed by atoms with Gasteiger partial charge in [-0.15, -0.1) is 11.3 Å². The van der Waals surface area contributed by atoms with E-state index >= 15 is 0 Å². The molecule has 8 nitrogen and oxygen atoms in total. The molecule has 2 N–H and O–H groups in total. The van der Waals surface area contributed by atoms with Crippen molar-refractivity contribution in [3.05, 3.63) is 11.6 Å². The van der Waals surface area contributed by atoms with Gasteiger partial charge in [0.05, 0.1) is 7.11 Å². The summed E-state index contributed by atoms with van der Waals surface area (Å²) in [7, 11) is 1.31. The molecule has 0 saturated carbocycles. The number of methoxy groups -OCH3 is 1.